The van der Waals surface area contributed by atoms with Crippen LogP contribution in [0.15, 0.2) is 30.2 Å². The van der Waals surface area contributed by atoms with Crippen LogP contribution in [-0.4, -0.2) is 26.6 Å². The van der Waals surface area contributed by atoms with Gasteiger partial charge in [0.25, 0.3) is 0 Å². The van der Waals surface area contributed by atoms with Crippen LogP contribution in [0.4, 0.5) is 5.69 Å². The molecule has 1 saturated heterocycles. The second-order valence-electron chi connectivity index (χ2n) is 8.23. The molecule has 2 aromatic heterocycles. The zero-order chi connectivity index (χ0) is 19.0. The van der Waals surface area contributed by atoms with Gasteiger partial charge in [0.2, 0.25) is 0 Å². The summed E-state index contributed by atoms with van der Waals surface area (Å²) in [5.74, 6) is 0.605. The van der Waals surface area contributed by atoms with Crippen LogP contribution in [-0.2, 0) is 16.1 Å². The van der Waals surface area contributed by atoms with Crippen LogP contribution in [0, 0.1) is 17.8 Å². The largest absolute Gasteiger partial charge is 0.458 e. The third-order valence-electron chi connectivity index (χ3n) is 6.13. The van der Waals surface area contributed by atoms with Crippen molar-refractivity contribution in [2.24, 2.45) is 17.8 Å². The summed E-state index contributed by atoms with van der Waals surface area (Å²) in [7, 11) is 0. The van der Waals surface area contributed by atoms with E-state index in [-0.39, 0.29) is 23.9 Å². The predicted molar refractivity (Wildman–Crippen MR) is 105 cm³/mol. The molecule has 4 rings (SSSR count). The van der Waals surface area contributed by atoms with E-state index in [0.717, 1.165) is 24.9 Å². The van der Waals surface area contributed by atoms with Gasteiger partial charge in [-0.25, -0.2) is 9.97 Å². The minimum atomic E-state index is -0.175. The smallest absolute Gasteiger partial charge is 0.311 e. The fourth-order valence-corrected chi connectivity index (χ4v) is 4.49. The normalized spacial score (nSPS) is 29.3. The van der Waals surface area contributed by atoms with Crippen LogP contribution in [0.1, 0.15) is 46.0 Å². The van der Waals surface area contributed by atoms with E-state index in [9.17, 15) is 4.79 Å². The second-order valence-corrected chi connectivity index (χ2v) is 8.23. The van der Waals surface area contributed by atoms with Gasteiger partial charge in [-0.15, -0.1) is 0 Å². The molecule has 6 heteroatoms. The maximum Gasteiger partial charge on any atom is 0.311 e. The Labute approximate surface area is 159 Å². The van der Waals surface area contributed by atoms with Crippen molar-refractivity contribution >= 4 is 22.8 Å². The molecule has 0 saturated carbocycles. The van der Waals surface area contributed by atoms with Crippen molar-refractivity contribution in [3.8, 4) is 0 Å². The number of aromatic nitrogens is 3. The zero-order valence-electron chi connectivity index (χ0n) is 16.1. The number of anilines is 1. The Morgan fingerprint density at radius 1 is 1.30 bits per heavy atom. The summed E-state index contributed by atoms with van der Waals surface area (Å²) >= 11 is 0. The number of carbonyl (C=O) groups is 1. The Morgan fingerprint density at radius 3 is 3.00 bits per heavy atom. The molecule has 0 spiro atoms. The molecular formula is C21H28N4O2. The average molecular weight is 368 g/mol. The highest BCUT2D eigenvalue weighted by atomic mass is 16.6. The van der Waals surface area contributed by atoms with Crippen molar-refractivity contribution in [2.75, 3.05) is 5.73 Å². The Hall–Kier alpha value is -2.37. The summed E-state index contributed by atoms with van der Waals surface area (Å²) in [5.41, 5.74) is 9.35. The Kier molecular flexibility index (Phi) is 4.89. The molecule has 4 unspecified atom stereocenters. The van der Waals surface area contributed by atoms with Crippen molar-refractivity contribution in [1.29, 1.82) is 0 Å². The van der Waals surface area contributed by atoms with E-state index in [1.54, 1.807) is 18.6 Å². The Morgan fingerprint density at radius 2 is 2.15 bits per heavy atom. The molecule has 3 heterocycles. The number of rotatable bonds is 2. The lowest BCUT2D eigenvalue weighted by Gasteiger charge is -2.23. The van der Waals surface area contributed by atoms with Crippen molar-refractivity contribution < 1.29 is 9.53 Å². The van der Waals surface area contributed by atoms with Gasteiger partial charge in [-0.2, -0.15) is 0 Å². The Bertz CT molecular complexity index is 872. The van der Waals surface area contributed by atoms with Crippen LogP contribution >= 0.6 is 0 Å². The highest BCUT2D eigenvalue weighted by Crippen LogP contribution is 2.37. The maximum absolute atomic E-state index is 12.7. The molecule has 4 atom stereocenters. The summed E-state index contributed by atoms with van der Waals surface area (Å²) in [6, 6.07) is 1.75. The number of allylic oxidation sites excluding steroid dienone is 1. The standard InChI is InChI=1S/C21H28N4O2/c1-13-4-3-5-14(2)10-18-15(7-6-13)16(21(26)27-18)11-25-12-24-19-17(22)8-9-23-20(19)25/h8-10,12-13,15-16,18H,3-7,11H2,1-2H3,(H2,22,23). The number of nitrogen functional groups attached to an aromatic ring is 1. The molecule has 0 radical (unpaired) electrons. The SMILES string of the molecule is CC1=CC2OC(=O)C(Cn3cnc4c(N)ccnc43)C2CCC(C)CCC1. The van der Waals surface area contributed by atoms with Gasteiger partial charge in [0.1, 0.15) is 11.6 Å². The molecule has 2 N–H and O–H groups in total. The topological polar surface area (TPSA) is 83.0 Å². The molecule has 27 heavy (non-hydrogen) atoms. The first-order chi connectivity index (χ1) is 13.0. The molecule has 6 nitrogen and oxygen atoms in total. The molecule has 0 aromatic carbocycles. The van der Waals surface area contributed by atoms with Gasteiger partial charge >= 0.3 is 5.97 Å². The molecule has 1 aliphatic heterocycles. The van der Waals surface area contributed by atoms with Gasteiger partial charge in [0, 0.05) is 18.7 Å². The van der Waals surface area contributed by atoms with Crippen molar-refractivity contribution in [3.63, 3.8) is 0 Å². The van der Waals surface area contributed by atoms with E-state index in [4.69, 9.17) is 10.5 Å². The quantitative estimate of drug-likeness (QED) is 0.645. The van der Waals surface area contributed by atoms with E-state index in [1.165, 1.54) is 18.4 Å². The predicted octanol–water partition coefficient (Wildman–Crippen LogP) is 3.72. The number of ether oxygens (including phenoxy) is 1. The summed E-state index contributed by atoms with van der Waals surface area (Å²) in [4.78, 5) is 21.5. The van der Waals surface area contributed by atoms with Crippen LogP contribution < -0.4 is 5.73 Å². The van der Waals surface area contributed by atoms with Crippen LogP contribution in [0.25, 0.3) is 11.2 Å². The van der Waals surface area contributed by atoms with Gasteiger partial charge in [0.15, 0.2) is 5.65 Å². The molecule has 2 aromatic rings. The average Bonchev–Trinajstić information content (AvgIpc) is 3.16. The first-order valence-corrected chi connectivity index (χ1v) is 9.96. The van der Waals surface area contributed by atoms with Crippen LogP contribution in [0.2, 0.25) is 0 Å². The molecule has 0 amide bonds. The summed E-state index contributed by atoms with van der Waals surface area (Å²) in [6.07, 6.45) is 11.2. The number of nitrogens with zero attached hydrogens (tertiary/aromatic N) is 3. The number of esters is 1. The third kappa shape index (κ3) is 3.57. The fraction of sp³-hybridized carbons (Fsp3) is 0.571. The van der Waals surface area contributed by atoms with Crippen molar-refractivity contribution in [1.82, 2.24) is 14.5 Å². The molecule has 2 aliphatic rings. The third-order valence-corrected chi connectivity index (χ3v) is 6.13. The first kappa shape index (κ1) is 18.0. The van der Waals surface area contributed by atoms with Gasteiger partial charge in [-0.3, -0.25) is 4.79 Å². The number of carbonyl (C=O) groups excluding carboxylic acids is 1. The highest BCUT2D eigenvalue weighted by molar-refractivity contribution is 5.84. The number of imidazole rings is 1. The van der Waals surface area contributed by atoms with Crippen LogP contribution in [0.5, 0.6) is 0 Å². The van der Waals surface area contributed by atoms with Gasteiger partial charge < -0.3 is 15.0 Å². The van der Waals surface area contributed by atoms with E-state index in [1.807, 2.05) is 4.57 Å². The number of fused-ring (bicyclic) bond motifs is 2. The maximum atomic E-state index is 12.7. The summed E-state index contributed by atoms with van der Waals surface area (Å²) in [6.45, 7) is 5.01. The first-order valence-electron chi connectivity index (χ1n) is 9.96. The lowest BCUT2D eigenvalue weighted by molar-refractivity contribution is -0.143. The molecular weight excluding hydrogens is 340 g/mol. The van der Waals surface area contributed by atoms with Gasteiger partial charge in [0.05, 0.1) is 17.9 Å². The number of nitrogens with two attached hydrogens (primary N) is 1. The molecule has 1 fully saturated rings. The lowest BCUT2D eigenvalue weighted by Crippen LogP contribution is -2.25. The second kappa shape index (κ2) is 7.33. The van der Waals surface area contributed by atoms with Gasteiger partial charge in [-0.05, 0) is 44.2 Å². The number of hydrogen-bond donors (Lipinski definition) is 1. The summed E-state index contributed by atoms with van der Waals surface area (Å²) in [5, 5.41) is 0. The van der Waals surface area contributed by atoms with E-state index >= 15 is 0 Å². The van der Waals surface area contributed by atoms with Crippen molar-refractivity contribution in [3.05, 3.63) is 30.2 Å². The van der Waals surface area contributed by atoms with Crippen molar-refractivity contribution in [2.45, 2.75) is 58.6 Å². The highest BCUT2D eigenvalue weighted by Gasteiger charge is 2.43. The fourth-order valence-electron chi connectivity index (χ4n) is 4.49. The molecule has 1 aliphatic carbocycles. The lowest BCUT2D eigenvalue weighted by atomic mass is 9.81. The van der Waals surface area contributed by atoms with Crippen LogP contribution in [0.3, 0.4) is 0 Å². The molecule has 0 bridgehead atoms. The zero-order valence-corrected chi connectivity index (χ0v) is 16.1. The van der Waals surface area contributed by atoms with E-state index in [2.05, 4.69) is 29.9 Å². The monoisotopic (exact) mass is 368 g/mol. The summed E-state index contributed by atoms with van der Waals surface area (Å²) < 4.78 is 7.75. The minimum absolute atomic E-state index is 0.105. The van der Waals surface area contributed by atoms with Gasteiger partial charge in [-0.1, -0.05) is 25.3 Å². The van der Waals surface area contributed by atoms with E-state index < -0.39 is 0 Å². The molecule has 144 valence electrons. The van der Waals surface area contributed by atoms with E-state index in [0.29, 0.717) is 23.7 Å². The Balaban J connectivity index is 1.62. The minimum Gasteiger partial charge on any atom is -0.458 e. The number of pyridine rings is 1. The number of hydrogen-bond acceptors (Lipinski definition) is 5.